The van der Waals surface area contributed by atoms with Crippen molar-refractivity contribution in [3.8, 4) is 0 Å². The summed E-state index contributed by atoms with van der Waals surface area (Å²) in [5.74, 6) is 0.350. The summed E-state index contributed by atoms with van der Waals surface area (Å²) >= 11 is 1.40. The highest BCUT2D eigenvalue weighted by atomic mass is 32.2. The van der Waals surface area contributed by atoms with Gasteiger partial charge in [-0.2, -0.15) is 0 Å². The van der Waals surface area contributed by atoms with Crippen LogP contribution in [0.3, 0.4) is 0 Å². The molecule has 0 saturated heterocycles. The minimum Gasteiger partial charge on any atom is -0.354 e. The molecule has 6 heteroatoms. The normalized spacial score (nSPS) is 17.0. The van der Waals surface area contributed by atoms with Gasteiger partial charge in [-0.1, -0.05) is 30.7 Å². The summed E-state index contributed by atoms with van der Waals surface area (Å²) in [5.41, 5.74) is 1.01. The van der Waals surface area contributed by atoms with E-state index < -0.39 is 15.1 Å². The number of thiophene rings is 1. The molecule has 1 aromatic carbocycles. The van der Waals surface area contributed by atoms with Crippen LogP contribution in [-0.2, 0) is 14.6 Å². The van der Waals surface area contributed by atoms with E-state index in [1.165, 1.54) is 11.3 Å². The Kier molecular flexibility index (Phi) is 5.29. The maximum absolute atomic E-state index is 13.1. The maximum Gasteiger partial charge on any atom is 0.223 e. The van der Waals surface area contributed by atoms with Crippen LogP contribution in [0.15, 0.2) is 46.7 Å². The molecule has 1 aliphatic carbocycles. The van der Waals surface area contributed by atoms with Crippen LogP contribution in [0.2, 0.25) is 0 Å². The summed E-state index contributed by atoms with van der Waals surface area (Å²) in [7, 11) is -3.57. The van der Waals surface area contributed by atoms with E-state index in [-0.39, 0.29) is 18.4 Å². The first-order valence-electron chi connectivity index (χ1n) is 8.51. The quantitative estimate of drug-likeness (QED) is 0.799. The van der Waals surface area contributed by atoms with E-state index in [1.54, 1.807) is 24.3 Å². The monoisotopic (exact) mass is 377 g/mol. The molecular weight excluding hydrogens is 354 g/mol. The van der Waals surface area contributed by atoms with Gasteiger partial charge >= 0.3 is 0 Å². The van der Waals surface area contributed by atoms with Gasteiger partial charge in [0.05, 0.1) is 4.90 Å². The molecule has 4 nitrogen and oxygen atoms in total. The first kappa shape index (κ1) is 18.1. The molecule has 3 rings (SSSR count). The van der Waals surface area contributed by atoms with Crippen LogP contribution in [0.5, 0.6) is 0 Å². The van der Waals surface area contributed by atoms with E-state index in [1.807, 2.05) is 31.4 Å². The third kappa shape index (κ3) is 4.12. The number of carbonyl (C=O) groups excluding carboxylic acids is 1. The Bertz CT molecular complexity index is 822. The van der Waals surface area contributed by atoms with E-state index in [0.29, 0.717) is 10.8 Å². The summed E-state index contributed by atoms with van der Waals surface area (Å²) in [5, 5.41) is 3.97. The standard InChI is InChI=1S/C19H23NO3S2/c1-13-5-9-16(10-6-13)25(22,23)18(17-4-3-11-24-17)12-20-19(21)14(2)15-7-8-15/h3-6,9-11,14-15,18H,7-8,12H2,1-2H3,(H,20,21). The first-order valence-corrected chi connectivity index (χ1v) is 10.9. The Morgan fingerprint density at radius 2 is 1.92 bits per heavy atom. The number of carbonyl (C=O) groups is 1. The lowest BCUT2D eigenvalue weighted by Crippen LogP contribution is -2.35. The van der Waals surface area contributed by atoms with Crippen molar-refractivity contribution in [2.75, 3.05) is 6.54 Å². The largest absolute Gasteiger partial charge is 0.354 e. The molecule has 1 aliphatic rings. The number of nitrogens with one attached hydrogen (secondary N) is 1. The highest BCUT2D eigenvalue weighted by Crippen LogP contribution is 2.37. The predicted molar refractivity (Wildman–Crippen MR) is 100 cm³/mol. The van der Waals surface area contributed by atoms with Crippen molar-refractivity contribution in [3.63, 3.8) is 0 Å². The third-order valence-corrected chi connectivity index (χ3v) is 8.02. The molecule has 1 saturated carbocycles. The molecule has 1 heterocycles. The maximum atomic E-state index is 13.1. The smallest absolute Gasteiger partial charge is 0.223 e. The van der Waals surface area contributed by atoms with Gasteiger partial charge in [0.2, 0.25) is 5.91 Å². The van der Waals surface area contributed by atoms with Gasteiger partial charge in [-0.15, -0.1) is 11.3 Å². The summed E-state index contributed by atoms with van der Waals surface area (Å²) in [6, 6.07) is 10.5. The second-order valence-electron chi connectivity index (χ2n) is 6.73. The molecule has 25 heavy (non-hydrogen) atoms. The molecule has 1 aromatic heterocycles. The SMILES string of the molecule is Cc1ccc(S(=O)(=O)C(CNC(=O)C(C)C2CC2)c2cccs2)cc1. The zero-order valence-electron chi connectivity index (χ0n) is 14.4. The Morgan fingerprint density at radius 3 is 2.48 bits per heavy atom. The van der Waals surface area contributed by atoms with Crippen LogP contribution >= 0.6 is 11.3 Å². The van der Waals surface area contributed by atoms with Crippen molar-refractivity contribution in [2.45, 2.75) is 36.8 Å². The average Bonchev–Trinajstić information content (AvgIpc) is 3.30. The fourth-order valence-corrected chi connectivity index (χ4v) is 5.68. The van der Waals surface area contributed by atoms with Crippen molar-refractivity contribution in [3.05, 3.63) is 52.2 Å². The Balaban J connectivity index is 1.82. The summed E-state index contributed by atoms with van der Waals surface area (Å²) in [6.45, 7) is 3.95. The molecule has 2 unspecified atom stereocenters. The minimum atomic E-state index is -3.57. The van der Waals surface area contributed by atoms with Crippen LogP contribution in [-0.4, -0.2) is 20.9 Å². The number of sulfone groups is 1. The highest BCUT2D eigenvalue weighted by molar-refractivity contribution is 7.91. The molecule has 2 atom stereocenters. The van der Waals surface area contributed by atoms with Crippen LogP contribution in [0.1, 0.15) is 35.5 Å². The molecule has 0 bridgehead atoms. The molecule has 2 aromatic rings. The fraction of sp³-hybridized carbons (Fsp3) is 0.421. The molecule has 0 aliphatic heterocycles. The average molecular weight is 378 g/mol. The molecule has 1 N–H and O–H groups in total. The van der Waals surface area contributed by atoms with E-state index in [9.17, 15) is 13.2 Å². The number of amides is 1. The van der Waals surface area contributed by atoms with Gasteiger partial charge < -0.3 is 5.32 Å². The number of benzene rings is 1. The van der Waals surface area contributed by atoms with Gasteiger partial charge in [-0.25, -0.2) is 8.42 Å². The van der Waals surface area contributed by atoms with E-state index in [0.717, 1.165) is 23.3 Å². The van der Waals surface area contributed by atoms with E-state index in [2.05, 4.69) is 5.32 Å². The fourth-order valence-electron chi connectivity index (χ4n) is 2.89. The van der Waals surface area contributed by atoms with E-state index >= 15 is 0 Å². The highest BCUT2D eigenvalue weighted by Gasteiger charge is 2.34. The third-order valence-electron chi connectivity index (χ3n) is 4.79. The van der Waals surface area contributed by atoms with Gasteiger partial charge in [0.25, 0.3) is 0 Å². The molecule has 0 radical (unpaired) electrons. The predicted octanol–water partition coefficient (Wildman–Crippen LogP) is 3.73. The molecule has 134 valence electrons. The Hall–Kier alpha value is -1.66. The van der Waals surface area contributed by atoms with E-state index in [4.69, 9.17) is 0 Å². The summed E-state index contributed by atoms with van der Waals surface area (Å²) < 4.78 is 26.3. The van der Waals surface area contributed by atoms with Gasteiger partial charge in [-0.3, -0.25) is 4.79 Å². The molecule has 1 amide bonds. The lowest BCUT2D eigenvalue weighted by molar-refractivity contribution is -0.125. The first-order chi connectivity index (χ1) is 11.9. The summed E-state index contributed by atoms with van der Waals surface area (Å²) in [4.78, 5) is 13.3. The van der Waals surface area contributed by atoms with Gasteiger partial charge in [0, 0.05) is 17.3 Å². The number of hydrogen-bond donors (Lipinski definition) is 1. The lowest BCUT2D eigenvalue weighted by atomic mass is 10.1. The molecule has 1 fully saturated rings. The Morgan fingerprint density at radius 1 is 1.24 bits per heavy atom. The second kappa shape index (κ2) is 7.30. The number of rotatable bonds is 7. The Labute approximate surface area is 153 Å². The van der Waals surface area contributed by atoms with Gasteiger partial charge in [-0.05, 0) is 49.3 Å². The lowest BCUT2D eigenvalue weighted by Gasteiger charge is -2.19. The van der Waals surface area contributed by atoms with Gasteiger partial charge in [0.15, 0.2) is 9.84 Å². The second-order valence-corrected chi connectivity index (χ2v) is 9.84. The summed E-state index contributed by atoms with van der Waals surface area (Å²) in [6.07, 6.45) is 2.18. The van der Waals surface area contributed by atoms with Crippen molar-refractivity contribution in [2.24, 2.45) is 11.8 Å². The van der Waals surface area contributed by atoms with Gasteiger partial charge in [0.1, 0.15) is 5.25 Å². The van der Waals surface area contributed by atoms with Crippen LogP contribution < -0.4 is 5.32 Å². The molecule has 0 spiro atoms. The topological polar surface area (TPSA) is 63.2 Å². The zero-order valence-corrected chi connectivity index (χ0v) is 16.1. The van der Waals surface area contributed by atoms with Crippen molar-refractivity contribution < 1.29 is 13.2 Å². The minimum absolute atomic E-state index is 0.0499. The van der Waals surface area contributed by atoms with Crippen LogP contribution in [0.25, 0.3) is 0 Å². The number of aryl methyl sites for hydroxylation is 1. The van der Waals surface area contributed by atoms with Crippen LogP contribution in [0.4, 0.5) is 0 Å². The van der Waals surface area contributed by atoms with Crippen molar-refractivity contribution >= 4 is 27.1 Å². The van der Waals surface area contributed by atoms with Crippen molar-refractivity contribution in [1.29, 1.82) is 0 Å². The zero-order chi connectivity index (χ0) is 18.0. The van der Waals surface area contributed by atoms with Crippen molar-refractivity contribution in [1.82, 2.24) is 5.32 Å². The number of hydrogen-bond acceptors (Lipinski definition) is 4. The van der Waals surface area contributed by atoms with Crippen LogP contribution in [0, 0.1) is 18.8 Å². The molecular formula is C19H23NO3S2.